The van der Waals surface area contributed by atoms with E-state index < -0.39 is 0 Å². The Hall–Kier alpha value is -0.780. The van der Waals surface area contributed by atoms with E-state index in [1.54, 1.807) is 0 Å². The van der Waals surface area contributed by atoms with Crippen LogP contribution in [0.4, 0.5) is 0 Å². The Kier molecular flexibility index (Phi) is 8.85. The second kappa shape index (κ2) is 9.21. The molecule has 0 spiro atoms. The molecule has 0 aliphatic carbocycles. The van der Waals surface area contributed by atoms with Gasteiger partial charge in [0, 0.05) is 33.1 Å². The van der Waals surface area contributed by atoms with Gasteiger partial charge >= 0.3 is 0 Å². The van der Waals surface area contributed by atoms with Crippen molar-refractivity contribution in [3.8, 4) is 0 Å². The van der Waals surface area contributed by atoms with Crippen molar-refractivity contribution < 1.29 is 0 Å². The number of hydrogen-bond donors (Lipinski definition) is 1. The number of aliphatic imine (C=N–C) groups is 1. The van der Waals surface area contributed by atoms with Crippen LogP contribution < -0.4 is 5.32 Å². The van der Waals surface area contributed by atoms with Crippen molar-refractivity contribution in [2.75, 3.05) is 27.7 Å². The molecule has 0 amide bonds. The van der Waals surface area contributed by atoms with Gasteiger partial charge in [0.2, 0.25) is 0 Å². The molecule has 0 saturated heterocycles. The lowest BCUT2D eigenvalue weighted by Crippen LogP contribution is -2.44. The molecule has 0 saturated carbocycles. The predicted molar refractivity (Wildman–Crippen MR) is 99.2 cm³/mol. The first-order chi connectivity index (χ1) is 9.09. The lowest BCUT2D eigenvalue weighted by Gasteiger charge is -2.34. The van der Waals surface area contributed by atoms with Crippen LogP contribution in [0, 0.1) is 0 Å². The quantitative estimate of drug-likeness (QED) is 0.474. The highest BCUT2D eigenvalue weighted by Gasteiger charge is 2.28. The third kappa shape index (κ3) is 4.65. The minimum absolute atomic E-state index is 0. The third-order valence-electron chi connectivity index (χ3n) is 3.96. The highest BCUT2D eigenvalue weighted by Crippen LogP contribution is 2.30. The van der Waals surface area contributed by atoms with Crippen molar-refractivity contribution in [1.82, 2.24) is 10.2 Å². The largest absolute Gasteiger partial charge is 0.355 e. The molecule has 0 aliphatic rings. The maximum Gasteiger partial charge on any atom is 0.193 e. The van der Waals surface area contributed by atoms with Crippen LogP contribution >= 0.6 is 24.0 Å². The zero-order chi connectivity index (χ0) is 14.3. The lowest BCUT2D eigenvalue weighted by atomic mass is 9.76. The predicted octanol–water partition coefficient (Wildman–Crippen LogP) is 3.50. The Morgan fingerprint density at radius 2 is 1.70 bits per heavy atom. The first-order valence-electron chi connectivity index (χ1n) is 7.03. The number of benzene rings is 1. The van der Waals surface area contributed by atoms with Crippen molar-refractivity contribution >= 4 is 29.9 Å². The van der Waals surface area contributed by atoms with Crippen molar-refractivity contribution in [3.63, 3.8) is 0 Å². The smallest absolute Gasteiger partial charge is 0.193 e. The number of nitrogens with zero attached hydrogens (tertiary/aromatic N) is 2. The summed E-state index contributed by atoms with van der Waals surface area (Å²) in [6.07, 6.45) is 2.23. The Bertz CT molecular complexity index is 397. The number of rotatable bonds is 5. The maximum atomic E-state index is 4.28. The molecule has 0 fully saturated rings. The summed E-state index contributed by atoms with van der Waals surface area (Å²) in [4.78, 5) is 6.30. The summed E-state index contributed by atoms with van der Waals surface area (Å²) in [6.45, 7) is 5.43. The average molecular weight is 389 g/mol. The van der Waals surface area contributed by atoms with Gasteiger partial charge in [0.05, 0.1) is 0 Å². The molecule has 1 rings (SSSR count). The molecule has 1 aromatic carbocycles. The van der Waals surface area contributed by atoms with E-state index in [-0.39, 0.29) is 29.4 Å². The highest BCUT2D eigenvalue weighted by molar-refractivity contribution is 14.0. The van der Waals surface area contributed by atoms with Gasteiger partial charge in [0.15, 0.2) is 5.96 Å². The topological polar surface area (TPSA) is 27.6 Å². The van der Waals surface area contributed by atoms with Gasteiger partial charge in [0.25, 0.3) is 0 Å². The maximum absolute atomic E-state index is 4.28. The fraction of sp³-hybridized carbons (Fsp3) is 0.562. The Balaban J connectivity index is 0.00000361. The molecule has 1 aromatic rings. The molecule has 0 aliphatic heterocycles. The highest BCUT2D eigenvalue weighted by atomic mass is 127. The monoisotopic (exact) mass is 389 g/mol. The van der Waals surface area contributed by atoms with Crippen molar-refractivity contribution in [3.05, 3.63) is 35.9 Å². The fourth-order valence-corrected chi connectivity index (χ4v) is 2.49. The number of halogens is 1. The molecule has 0 bridgehead atoms. The van der Waals surface area contributed by atoms with Crippen molar-refractivity contribution in [2.45, 2.75) is 32.1 Å². The molecular weight excluding hydrogens is 361 g/mol. The normalized spacial score (nSPS) is 11.8. The first kappa shape index (κ1) is 19.2. The van der Waals surface area contributed by atoms with Crippen LogP contribution in [0.5, 0.6) is 0 Å². The van der Waals surface area contributed by atoms with Gasteiger partial charge in [-0.1, -0.05) is 44.2 Å². The molecule has 114 valence electrons. The second-order valence-corrected chi connectivity index (χ2v) is 5.15. The van der Waals surface area contributed by atoms with Crippen LogP contribution in [-0.4, -0.2) is 38.5 Å². The SMILES string of the molecule is CCC(CC)(CNC(=NC)N(C)C)c1ccccc1.I. The van der Waals surface area contributed by atoms with E-state index in [0.29, 0.717) is 0 Å². The summed E-state index contributed by atoms with van der Waals surface area (Å²) in [5.41, 5.74) is 1.58. The molecule has 0 aromatic heterocycles. The standard InChI is InChI=1S/C16H27N3.HI/c1-6-16(7-2,14-11-9-8-10-12-14)13-18-15(17-3)19(4)5;/h8-12H,6-7,13H2,1-5H3,(H,17,18);1H. The summed E-state index contributed by atoms with van der Waals surface area (Å²) in [7, 11) is 5.85. The number of hydrogen-bond acceptors (Lipinski definition) is 1. The third-order valence-corrected chi connectivity index (χ3v) is 3.96. The van der Waals surface area contributed by atoms with Crippen LogP contribution in [0.25, 0.3) is 0 Å². The van der Waals surface area contributed by atoms with E-state index in [0.717, 1.165) is 25.3 Å². The second-order valence-electron chi connectivity index (χ2n) is 5.15. The Morgan fingerprint density at radius 1 is 1.15 bits per heavy atom. The van der Waals surface area contributed by atoms with E-state index in [4.69, 9.17) is 0 Å². The molecule has 0 heterocycles. The van der Waals surface area contributed by atoms with Gasteiger partial charge in [-0.05, 0) is 18.4 Å². The molecule has 0 unspecified atom stereocenters. The van der Waals surface area contributed by atoms with Crippen LogP contribution in [0.1, 0.15) is 32.3 Å². The van der Waals surface area contributed by atoms with Crippen LogP contribution in [-0.2, 0) is 5.41 Å². The molecular formula is C16H28IN3. The minimum atomic E-state index is 0. The minimum Gasteiger partial charge on any atom is -0.355 e. The van der Waals surface area contributed by atoms with E-state index in [2.05, 4.69) is 54.5 Å². The zero-order valence-corrected chi connectivity index (χ0v) is 15.6. The van der Waals surface area contributed by atoms with Gasteiger partial charge in [-0.2, -0.15) is 0 Å². The van der Waals surface area contributed by atoms with Gasteiger partial charge < -0.3 is 10.2 Å². The van der Waals surface area contributed by atoms with E-state index in [9.17, 15) is 0 Å². The number of guanidine groups is 1. The molecule has 4 heteroatoms. The van der Waals surface area contributed by atoms with E-state index >= 15 is 0 Å². The summed E-state index contributed by atoms with van der Waals surface area (Å²) < 4.78 is 0. The molecule has 1 N–H and O–H groups in total. The van der Waals surface area contributed by atoms with Gasteiger partial charge in [-0.25, -0.2) is 0 Å². The summed E-state index contributed by atoms with van der Waals surface area (Å²) >= 11 is 0. The fourth-order valence-electron chi connectivity index (χ4n) is 2.49. The molecule has 0 radical (unpaired) electrons. The van der Waals surface area contributed by atoms with Gasteiger partial charge in [-0.15, -0.1) is 24.0 Å². The van der Waals surface area contributed by atoms with Crippen LogP contribution in [0.2, 0.25) is 0 Å². The molecule has 3 nitrogen and oxygen atoms in total. The van der Waals surface area contributed by atoms with E-state index in [1.165, 1.54) is 5.56 Å². The zero-order valence-electron chi connectivity index (χ0n) is 13.3. The van der Waals surface area contributed by atoms with E-state index in [1.807, 2.05) is 26.0 Å². The lowest BCUT2D eigenvalue weighted by molar-refractivity contribution is 0.384. The van der Waals surface area contributed by atoms with Crippen molar-refractivity contribution in [1.29, 1.82) is 0 Å². The first-order valence-corrected chi connectivity index (χ1v) is 7.03. The Morgan fingerprint density at radius 3 is 2.10 bits per heavy atom. The average Bonchev–Trinajstić information content (AvgIpc) is 2.45. The van der Waals surface area contributed by atoms with Crippen LogP contribution in [0.3, 0.4) is 0 Å². The number of nitrogens with one attached hydrogen (secondary N) is 1. The molecule has 0 atom stereocenters. The summed E-state index contributed by atoms with van der Waals surface area (Å²) in [6, 6.07) is 10.8. The van der Waals surface area contributed by atoms with Crippen molar-refractivity contribution in [2.24, 2.45) is 4.99 Å². The summed E-state index contributed by atoms with van der Waals surface area (Å²) in [5, 5.41) is 3.49. The Labute approximate surface area is 140 Å². The van der Waals surface area contributed by atoms with Gasteiger partial charge in [-0.3, -0.25) is 4.99 Å². The summed E-state index contributed by atoms with van der Waals surface area (Å²) in [5.74, 6) is 0.933. The van der Waals surface area contributed by atoms with Gasteiger partial charge in [0.1, 0.15) is 0 Å². The van der Waals surface area contributed by atoms with Crippen LogP contribution in [0.15, 0.2) is 35.3 Å². The molecule has 20 heavy (non-hydrogen) atoms.